The zero-order valence-corrected chi connectivity index (χ0v) is 13.2. The van der Waals surface area contributed by atoms with Gasteiger partial charge in [-0.05, 0) is 11.1 Å². The quantitative estimate of drug-likeness (QED) is 0.785. The molecule has 0 fully saturated rings. The molecular weight excluding hydrogens is 302 g/mol. The molecule has 24 heavy (non-hydrogen) atoms. The third-order valence-corrected chi connectivity index (χ3v) is 3.63. The number of hydrogen-bond donors (Lipinski definition) is 1. The Bertz CT molecular complexity index is 768. The molecule has 0 radical (unpaired) electrons. The maximum absolute atomic E-state index is 12.6. The first-order valence-corrected chi connectivity index (χ1v) is 7.54. The molecule has 5 nitrogen and oxygen atoms in total. The van der Waals surface area contributed by atoms with Crippen LogP contribution in [0.2, 0.25) is 0 Å². The largest absolute Gasteiger partial charge is 0.481 e. The van der Waals surface area contributed by atoms with Gasteiger partial charge in [-0.1, -0.05) is 60.7 Å². The van der Waals surface area contributed by atoms with Crippen LogP contribution in [0.4, 0.5) is 0 Å². The molecule has 5 heteroatoms. The number of amides is 1. The van der Waals surface area contributed by atoms with Crippen LogP contribution in [-0.2, 0) is 0 Å². The number of hydrogen-bond acceptors (Lipinski definition) is 4. The summed E-state index contributed by atoms with van der Waals surface area (Å²) in [6.07, 6.45) is 1.31. The Morgan fingerprint density at radius 1 is 0.958 bits per heavy atom. The molecule has 0 aliphatic carbocycles. The van der Waals surface area contributed by atoms with E-state index in [1.165, 1.54) is 19.5 Å². The number of benzene rings is 2. The first-order chi connectivity index (χ1) is 11.8. The van der Waals surface area contributed by atoms with Crippen LogP contribution in [0.3, 0.4) is 0 Å². The predicted molar refractivity (Wildman–Crippen MR) is 90.8 cm³/mol. The maximum atomic E-state index is 12.6. The molecule has 0 saturated heterocycles. The molecule has 0 atom stereocenters. The maximum Gasteiger partial charge on any atom is 0.270 e. The molecule has 0 spiro atoms. The molecule has 0 saturated carbocycles. The molecule has 1 N–H and O–H groups in total. The number of carbonyl (C=O) groups is 1. The first-order valence-electron chi connectivity index (χ1n) is 7.54. The van der Waals surface area contributed by atoms with Gasteiger partial charge in [0.15, 0.2) is 0 Å². The minimum Gasteiger partial charge on any atom is -0.481 e. The van der Waals surface area contributed by atoms with Crippen molar-refractivity contribution in [1.29, 1.82) is 0 Å². The van der Waals surface area contributed by atoms with Gasteiger partial charge in [0, 0.05) is 6.07 Å². The van der Waals surface area contributed by atoms with Crippen molar-refractivity contribution in [3.8, 4) is 5.88 Å². The normalized spacial score (nSPS) is 10.4. The van der Waals surface area contributed by atoms with E-state index in [0.29, 0.717) is 5.88 Å². The van der Waals surface area contributed by atoms with Crippen molar-refractivity contribution in [2.45, 2.75) is 6.04 Å². The first kappa shape index (κ1) is 15.7. The van der Waals surface area contributed by atoms with Crippen LogP contribution in [0.25, 0.3) is 0 Å². The molecular formula is C19H17N3O2. The molecule has 0 unspecified atom stereocenters. The van der Waals surface area contributed by atoms with Crippen LogP contribution in [-0.4, -0.2) is 23.0 Å². The number of rotatable bonds is 5. The van der Waals surface area contributed by atoms with Gasteiger partial charge in [0.2, 0.25) is 5.88 Å². The highest BCUT2D eigenvalue weighted by Crippen LogP contribution is 2.22. The SMILES string of the molecule is COc1cc(C(=O)NC(c2ccccc2)c2ccccc2)ncn1. The van der Waals surface area contributed by atoms with Gasteiger partial charge in [-0.25, -0.2) is 9.97 Å². The Labute approximate surface area is 140 Å². The van der Waals surface area contributed by atoms with Gasteiger partial charge in [-0.3, -0.25) is 4.79 Å². The predicted octanol–water partition coefficient (Wildman–Crippen LogP) is 3.00. The third kappa shape index (κ3) is 3.57. The van der Waals surface area contributed by atoms with Crippen LogP contribution >= 0.6 is 0 Å². The van der Waals surface area contributed by atoms with Crippen LogP contribution in [0.1, 0.15) is 27.7 Å². The zero-order chi connectivity index (χ0) is 16.8. The standard InChI is InChI=1S/C19H17N3O2/c1-24-17-12-16(20-13-21-17)19(23)22-18(14-8-4-2-5-9-14)15-10-6-3-7-11-15/h2-13,18H,1H3,(H,22,23). The molecule has 1 amide bonds. The van der Waals surface area contributed by atoms with Gasteiger partial charge in [-0.2, -0.15) is 0 Å². The molecule has 1 heterocycles. The molecule has 0 aliphatic rings. The summed E-state index contributed by atoms with van der Waals surface area (Å²) in [7, 11) is 1.50. The number of methoxy groups -OCH3 is 1. The number of carbonyl (C=O) groups excluding carboxylic acids is 1. The smallest absolute Gasteiger partial charge is 0.270 e. The van der Waals surface area contributed by atoms with E-state index in [1.54, 1.807) is 0 Å². The van der Waals surface area contributed by atoms with Gasteiger partial charge in [-0.15, -0.1) is 0 Å². The number of nitrogens with one attached hydrogen (secondary N) is 1. The fourth-order valence-corrected chi connectivity index (χ4v) is 2.43. The van der Waals surface area contributed by atoms with E-state index in [9.17, 15) is 4.79 Å². The van der Waals surface area contributed by atoms with Gasteiger partial charge < -0.3 is 10.1 Å². The Morgan fingerprint density at radius 3 is 2.08 bits per heavy atom. The fourth-order valence-electron chi connectivity index (χ4n) is 2.43. The highest BCUT2D eigenvalue weighted by molar-refractivity contribution is 5.93. The van der Waals surface area contributed by atoms with Gasteiger partial charge in [0.25, 0.3) is 5.91 Å². The molecule has 3 aromatic rings. The van der Waals surface area contributed by atoms with Gasteiger partial charge in [0.05, 0.1) is 13.2 Å². The average molecular weight is 319 g/mol. The van der Waals surface area contributed by atoms with Crippen LogP contribution in [0.5, 0.6) is 5.88 Å². The van der Waals surface area contributed by atoms with E-state index < -0.39 is 0 Å². The summed E-state index contributed by atoms with van der Waals surface area (Å²) in [4.78, 5) is 20.6. The van der Waals surface area contributed by atoms with Crippen LogP contribution < -0.4 is 10.1 Å². The molecule has 2 aromatic carbocycles. The summed E-state index contributed by atoms with van der Waals surface area (Å²) in [5.41, 5.74) is 2.26. The highest BCUT2D eigenvalue weighted by atomic mass is 16.5. The molecule has 0 aliphatic heterocycles. The monoisotopic (exact) mass is 319 g/mol. The van der Waals surface area contributed by atoms with Crippen molar-refractivity contribution in [1.82, 2.24) is 15.3 Å². The van der Waals surface area contributed by atoms with Crippen molar-refractivity contribution in [2.24, 2.45) is 0 Å². The summed E-state index contributed by atoms with van der Waals surface area (Å²) < 4.78 is 5.05. The Kier molecular flexibility index (Phi) is 4.81. The molecule has 1 aromatic heterocycles. The van der Waals surface area contributed by atoms with E-state index >= 15 is 0 Å². The van der Waals surface area contributed by atoms with Crippen LogP contribution in [0, 0.1) is 0 Å². The fraction of sp³-hybridized carbons (Fsp3) is 0.105. The number of aromatic nitrogens is 2. The lowest BCUT2D eigenvalue weighted by Gasteiger charge is -2.19. The van der Waals surface area contributed by atoms with Gasteiger partial charge in [0.1, 0.15) is 12.0 Å². The molecule has 120 valence electrons. The second kappa shape index (κ2) is 7.37. The Morgan fingerprint density at radius 2 is 1.54 bits per heavy atom. The Hall–Kier alpha value is -3.21. The number of ether oxygens (including phenoxy) is 1. The average Bonchev–Trinajstić information content (AvgIpc) is 2.67. The number of nitrogens with zero attached hydrogens (tertiary/aromatic N) is 2. The lowest BCUT2D eigenvalue weighted by Crippen LogP contribution is -2.30. The summed E-state index contributed by atoms with van der Waals surface area (Å²) in [5, 5.41) is 3.03. The summed E-state index contributed by atoms with van der Waals surface area (Å²) in [6.45, 7) is 0. The van der Waals surface area contributed by atoms with E-state index in [0.717, 1.165) is 11.1 Å². The van der Waals surface area contributed by atoms with Crippen molar-refractivity contribution in [2.75, 3.05) is 7.11 Å². The minimum absolute atomic E-state index is 0.263. The van der Waals surface area contributed by atoms with E-state index in [1.807, 2.05) is 60.7 Å². The second-order valence-electron chi connectivity index (χ2n) is 5.17. The van der Waals surface area contributed by atoms with Crippen molar-refractivity contribution < 1.29 is 9.53 Å². The highest BCUT2D eigenvalue weighted by Gasteiger charge is 2.18. The topological polar surface area (TPSA) is 64.1 Å². The summed E-state index contributed by atoms with van der Waals surface area (Å²) in [5.74, 6) is 0.0690. The molecule has 0 bridgehead atoms. The van der Waals surface area contributed by atoms with Crippen molar-refractivity contribution in [3.05, 3.63) is 89.9 Å². The molecule has 3 rings (SSSR count). The third-order valence-electron chi connectivity index (χ3n) is 3.63. The van der Waals surface area contributed by atoms with Gasteiger partial charge >= 0.3 is 0 Å². The minimum atomic E-state index is -0.284. The zero-order valence-electron chi connectivity index (χ0n) is 13.2. The lowest BCUT2D eigenvalue weighted by atomic mass is 9.98. The lowest BCUT2D eigenvalue weighted by molar-refractivity contribution is 0.0937. The summed E-state index contributed by atoms with van der Waals surface area (Å²) in [6, 6.07) is 20.9. The summed E-state index contributed by atoms with van der Waals surface area (Å²) >= 11 is 0. The van der Waals surface area contributed by atoms with Crippen LogP contribution in [0.15, 0.2) is 73.1 Å². The Balaban J connectivity index is 1.91. The van der Waals surface area contributed by atoms with Crippen molar-refractivity contribution >= 4 is 5.91 Å². The van der Waals surface area contributed by atoms with E-state index in [2.05, 4.69) is 15.3 Å². The van der Waals surface area contributed by atoms with E-state index in [4.69, 9.17) is 4.74 Å². The van der Waals surface area contributed by atoms with Crippen molar-refractivity contribution in [3.63, 3.8) is 0 Å². The van der Waals surface area contributed by atoms with E-state index in [-0.39, 0.29) is 17.6 Å². The second-order valence-corrected chi connectivity index (χ2v) is 5.17.